The Balaban J connectivity index is 0.00000289. The van der Waals surface area contributed by atoms with Crippen LogP contribution in [0.2, 0.25) is 0 Å². The summed E-state index contributed by atoms with van der Waals surface area (Å²) in [5.74, 6) is 0. The number of ether oxygens (including phenoxy) is 1. The van der Waals surface area contributed by atoms with Gasteiger partial charge >= 0.3 is 6.09 Å². The maximum atomic E-state index is 13.3. The largest absolute Gasteiger partial charge is 0.443 e. The zero-order valence-corrected chi connectivity index (χ0v) is 20.4. The number of nitrogens with zero attached hydrogens (tertiary/aromatic N) is 1. The number of hydrogen-bond donors (Lipinski definition) is 0. The second kappa shape index (κ2) is 10.7. The van der Waals surface area contributed by atoms with Gasteiger partial charge in [-0.05, 0) is 71.9 Å². The average Bonchev–Trinajstić information content (AvgIpc) is 3.04. The predicted octanol–water partition coefficient (Wildman–Crippen LogP) is 7.63. The summed E-state index contributed by atoms with van der Waals surface area (Å²) < 4.78 is 5.86. The number of carbonyl (C=O) groups excluding carboxylic acids is 1. The Morgan fingerprint density at radius 2 is 1.44 bits per heavy atom. The molecule has 0 aliphatic carbocycles. The zero-order chi connectivity index (χ0) is 21.8. The molecule has 1 amide bonds. The van der Waals surface area contributed by atoms with E-state index >= 15 is 0 Å². The fourth-order valence-electron chi connectivity index (χ4n) is 4.75. The van der Waals surface area contributed by atoms with Crippen molar-refractivity contribution in [3.63, 3.8) is 0 Å². The van der Waals surface area contributed by atoms with Crippen LogP contribution in [0.5, 0.6) is 0 Å². The number of amides is 1. The van der Waals surface area contributed by atoms with Crippen LogP contribution in [-0.2, 0) is 4.74 Å². The molecule has 32 heavy (non-hydrogen) atoms. The second-order valence-corrected chi connectivity index (χ2v) is 12.0. The minimum atomic E-state index is -0.587. The summed E-state index contributed by atoms with van der Waals surface area (Å²) in [7, 11) is -0.587. The summed E-state index contributed by atoms with van der Waals surface area (Å²) in [6, 6.07) is 21.8. The molecule has 1 fully saturated rings. The molecule has 4 rings (SSSR count). The van der Waals surface area contributed by atoms with Crippen molar-refractivity contribution < 1.29 is 9.53 Å². The molecule has 0 aromatic heterocycles. The molecule has 2 atom stereocenters. The van der Waals surface area contributed by atoms with Gasteiger partial charge in [0.05, 0.1) is 0 Å². The summed E-state index contributed by atoms with van der Waals surface area (Å²) in [5, 5.41) is 0. The lowest BCUT2D eigenvalue weighted by Gasteiger charge is -2.36. The average molecular weight is 446 g/mol. The van der Waals surface area contributed by atoms with Crippen LogP contribution in [0.25, 0.3) is 0 Å². The second-order valence-electron chi connectivity index (χ2n) is 9.53. The Kier molecular flexibility index (Phi) is 8.23. The monoisotopic (exact) mass is 446 g/mol. The Morgan fingerprint density at radius 1 is 0.906 bits per heavy atom. The van der Waals surface area contributed by atoms with Gasteiger partial charge in [0.1, 0.15) is 5.60 Å². The summed E-state index contributed by atoms with van der Waals surface area (Å²) >= 11 is 0. The van der Waals surface area contributed by atoms with Gasteiger partial charge in [-0.15, -0.1) is 0 Å². The van der Waals surface area contributed by atoms with Crippen LogP contribution in [0.4, 0.5) is 4.79 Å². The molecule has 5 heteroatoms. The van der Waals surface area contributed by atoms with Crippen LogP contribution in [0.15, 0.2) is 72.2 Å². The van der Waals surface area contributed by atoms with Crippen molar-refractivity contribution in [3.8, 4) is 0 Å². The molecule has 1 saturated heterocycles. The van der Waals surface area contributed by atoms with Crippen LogP contribution in [0.3, 0.4) is 0 Å². The molecule has 0 spiro atoms. The van der Waals surface area contributed by atoms with Gasteiger partial charge in [-0.2, -0.15) is 0 Å². The van der Waals surface area contributed by atoms with E-state index in [9.17, 15) is 4.79 Å². The van der Waals surface area contributed by atoms with Crippen LogP contribution in [-0.4, -0.2) is 31.6 Å². The molecule has 2 aliphatic heterocycles. The highest BCUT2D eigenvalue weighted by Gasteiger charge is 2.43. The standard InChI is InChI=1S/C27H34NO2P.B/c1-27(2,3)30-26(29)28-20-12-6-11-17-25(28)31-23(21-13-7-4-8-14-21)18-19-24(31)22-15-9-5-10-16-22;/h4-5,7-10,13-17,23-24H,6,11-12,18-20H2,1-3H3;/t23-,24-;/m0./s1. The summed E-state index contributed by atoms with van der Waals surface area (Å²) in [6.07, 6.45) is 7.68. The number of rotatable bonds is 3. The Morgan fingerprint density at radius 3 is 1.94 bits per heavy atom. The molecule has 3 radical (unpaired) electrons. The van der Waals surface area contributed by atoms with E-state index in [1.54, 1.807) is 0 Å². The fraction of sp³-hybridized carbons (Fsp3) is 0.444. The third kappa shape index (κ3) is 5.65. The van der Waals surface area contributed by atoms with Crippen LogP contribution in [0.1, 0.15) is 75.3 Å². The number of allylic oxidation sites excluding steroid dienone is 1. The van der Waals surface area contributed by atoms with E-state index in [1.165, 1.54) is 16.6 Å². The van der Waals surface area contributed by atoms with Crippen LogP contribution >= 0.6 is 7.92 Å². The topological polar surface area (TPSA) is 29.5 Å². The first kappa shape index (κ1) is 24.6. The molecule has 3 nitrogen and oxygen atoms in total. The number of carbonyl (C=O) groups is 1. The van der Waals surface area contributed by atoms with Gasteiger partial charge in [-0.25, -0.2) is 4.79 Å². The third-order valence-electron chi connectivity index (χ3n) is 6.07. The molecule has 167 valence electrons. The summed E-state index contributed by atoms with van der Waals surface area (Å²) in [5.41, 5.74) is 4.49. The van der Waals surface area contributed by atoms with E-state index in [0.717, 1.165) is 38.6 Å². The molecule has 0 saturated carbocycles. The molecule has 0 bridgehead atoms. The van der Waals surface area contributed by atoms with Crippen molar-refractivity contribution in [3.05, 3.63) is 83.3 Å². The van der Waals surface area contributed by atoms with E-state index in [0.29, 0.717) is 11.3 Å². The summed E-state index contributed by atoms with van der Waals surface area (Å²) in [6.45, 7) is 6.61. The molecular formula is C27H34BNO2P. The van der Waals surface area contributed by atoms with Crippen LogP contribution < -0.4 is 0 Å². The highest BCUT2D eigenvalue weighted by atomic mass is 31.1. The van der Waals surface area contributed by atoms with Gasteiger partial charge < -0.3 is 4.74 Å². The third-order valence-corrected chi connectivity index (χ3v) is 9.48. The molecule has 2 aromatic carbocycles. The van der Waals surface area contributed by atoms with E-state index in [2.05, 4.69) is 66.7 Å². The Hall–Kier alpha value is -2.06. The quantitative estimate of drug-likeness (QED) is 0.358. The lowest BCUT2D eigenvalue weighted by Crippen LogP contribution is -2.36. The Bertz CT molecular complexity index is 863. The normalized spacial score (nSPS) is 22.0. The van der Waals surface area contributed by atoms with Crippen molar-refractivity contribution in [1.82, 2.24) is 4.90 Å². The fourth-order valence-corrected chi connectivity index (χ4v) is 8.47. The molecule has 2 aromatic rings. The molecule has 0 unspecified atom stereocenters. The first-order valence-electron chi connectivity index (χ1n) is 11.5. The van der Waals surface area contributed by atoms with Crippen molar-refractivity contribution >= 4 is 22.4 Å². The van der Waals surface area contributed by atoms with Crippen molar-refractivity contribution in [2.45, 2.75) is 69.8 Å². The maximum Gasteiger partial charge on any atom is 0.414 e. The van der Waals surface area contributed by atoms with Gasteiger partial charge in [0, 0.05) is 31.7 Å². The van der Waals surface area contributed by atoms with E-state index in [-0.39, 0.29) is 14.5 Å². The molecule has 2 heterocycles. The van der Waals surface area contributed by atoms with E-state index < -0.39 is 13.5 Å². The molecule has 0 N–H and O–H groups in total. The predicted molar refractivity (Wildman–Crippen MR) is 135 cm³/mol. The first-order chi connectivity index (χ1) is 14.9. The van der Waals surface area contributed by atoms with E-state index in [1.807, 2.05) is 25.7 Å². The lowest BCUT2D eigenvalue weighted by atomic mass is 10.0. The van der Waals surface area contributed by atoms with Crippen molar-refractivity contribution in [1.29, 1.82) is 0 Å². The summed E-state index contributed by atoms with van der Waals surface area (Å²) in [4.78, 5) is 15.3. The van der Waals surface area contributed by atoms with Crippen molar-refractivity contribution in [2.75, 3.05) is 6.54 Å². The lowest BCUT2D eigenvalue weighted by molar-refractivity contribution is 0.0327. The minimum Gasteiger partial charge on any atom is -0.443 e. The minimum absolute atomic E-state index is 0. The highest BCUT2D eigenvalue weighted by Crippen LogP contribution is 2.74. The number of benzene rings is 2. The first-order valence-corrected chi connectivity index (χ1v) is 13.0. The number of hydrogen-bond acceptors (Lipinski definition) is 2. The van der Waals surface area contributed by atoms with Gasteiger partial charge in [0.25, 0.3) is 0 Å². The van der Waals surface area contributed by atoms with Gasteiger partial charge in [0.2, 0.25) is 0 Å². The maximum absolute atomic E-state index is 13.3. The molecule has 2 aliphatic rings. The van der Waals surface area contributed by atoms with Gasteiger partial charge in [0.15, 0.2) is 0 Å². The van der Waals surface area contributed by atoms with Gasteiger partial charge in [-0.3, -0.25) is 4.90 Å². The zero-order valence-electron chi connectivity index (χ0n) is 19.5. The molecular weight excluding hydrogens is 412 g/mol. The van der Waals surface area contributed by atoms with Crippen molar-refractivity contribution in [2.24, 2.45) is 0 Å². The highest BCUT2D eigenvalue weighted by molar-refractivity contribution is 7.63. The van der Waals surface area contributed by atoms with E-state index in [4.69, 9.17) is 4.74 Å². The SMILES string of the molecule is CC(C)(C)OC(=O)N1CCCCC=C1P1[C@H](c2ccccc2)CC[C@H]1c1ccccc1.[B]. The van der Waals surface area contributed by atoms with Crippen LogP contribution in [0, 0.1) is 0 Å². The van der Waals surface area contributed by atoms with Gasteiger partial charge in [-0.1, -0.05) is 66.7 Å². The smallest absolute Gasteiger partial charge is 0.414 e. The Labute approximate surface area is 196 Å².